The highest BCUT2D eigenvalue weighted by Crippen LogP contribution is 2.38. The third-order valence-electron chi connectivity index (χ3n) is 3.68. The van der Waals surface area contributed by atoms with Crippen LogP contribution in [0.1, 0.15) is 34.1 Å². The highest BCUT2D eigenvalue weighted by molar-refractivity contribution is 6.74. The fraction of sp³-hybridized carbons (Fsp3) is 0.923. The summed E-state index contributed by atoms with van der Waals surface area (Å²) in [6.07, 6.45) is -6.49. The first-order chi connectivity index (χ1) is 9.22. The minimum Gasteiger partial charge on any atom is -0.464 e. The fourth-order valence-electron chi connectivity index (χ4n) is 1.32. The van der Waals surface area contributed by atoms with Gasteiger partial charge in [-0.15, -0.1) is 12.4 Å². The molecular formula is C13H27ClF3NO3Si. The van der Waals surface area contributed by atoms with Gasteiger partial charge >= 0.3 is 12.1 Å². The second-order valence-corrected chi connectivity index (χ2v) is 11.3. The Balaban J connectivity index is 0. The van der Waals surface area contributed by atoms with Gasteiger partial charge in [-0.05, 0) is 25.1 Å². The minimum atomic E-state index is -4.57. The van der Waals surface area contributed by atoms with E-state index in [0.29, 0.717) is 0 Å². The van der Waals surface area contributed by atoms with Crippen molar-refractivity contribution >= 4 is 26.7 Å². The summed E-state index contributed by atoms with van der Waals surface area (Å²) < 4.78 is 48.4. The monoisotopic (exact) mass is 365 g/mol. The Morgan fingerprint density at radius 1 is 1.23 bits per heavy atom. The topological polar surface area (TPSA) is 61.5 Å². The largest absolute Gasteiger partial charge is 0.464 e. The second-order valence-electron chi connectivity index (χ2n) is 6.50. The molecule has 134 valence electrons. The van der Waals surface area contributed by atoms with Crippen LogP contribution in [0.3, 0.4) is 0 Å². The van der Waals surface area contributed by atoms with Crippen LogP contribution in [0.25, 0.3) is 0 Å². The molecule has 0 amide bonds. The molecule has 0 aromatic rings. The molecular weight excluding hydrogens is 339 g/mol. The van der Waals surface area contributed by atoms with Crippen molar-refractivity contribution in [3.05, 3.63) is 0 Å². The number of carbonyl (C=O) groups excluding carboxylic acids is 1. The van der Waals surface area contributed by atoms with Crippen molar-refractivity contribution in [1.29, 1.82) is 0 Å². The van der Waals surface area contributed by atoms with Crippen molar-refractivity contribution in [3.63, 3.8) is 0 Å². The van der Waals surface area contributed by atoms with Crippen LogP contribution < -0.4 is 5.73 Å². The number of esters is 1. The highest BCUT2D eigenvalue weighted by Gasteiger charge is 2.45. The van der Waals surface area contributed by atoms with Crippen molar-refractivity contribution in [3.8, 4) is 0 Å². The van der Waals surface area contributed by atoms with Crippen molar-refractivity contribution < 1.29 is 27.1 Å². The number of nitrogens with two attached hydrogens (primary N) is 1. The third kappa shape index (κ3) is 7.30. The van der Waals surface area contributed by atoms with E-state index in [4.69, 9.17) is 14.9 Å². The Bertz CT molecular complexity index is 359. The highest BCUT2D eigenvalue weighted by atomic mass is 35.5. The molecule has 0 saturated carbocycles. The molecule has 0 heterocycles. The van der Waals surface area contributed by atoms with Gasteiger partial charge in [0.1, 0.15) is 12.1 Å². The summed E-state index contributed by atoms with van der Waals surface area (Å²) in [4.78, 5) is 11.9. The summed E-state index contributed by atoms with van der Waals surface area (Å²) in [5, 5.41) is -0.236. The van der Waals surface area contributed by atoms with Gasteiger partial charge in [0.05, 0.1) is 6.61 Å². The Kier molecular flexibility index (Phi) is 9.27. The maximum atomic E-state index is 12.6. The van der Waals surface area contributed by atoms with Crippen molar-refractivity contribution in [2.45, 2.75) is 70.6 Å². The maximum Gasteiger partial charge on any atom is 0.403 e. The zero-order valence-corrected chi connectivity index (χ0v) is 15.7. The zero-order valence-electron chi connectivity index (χ0n) is 13.9. The van der Waals surface area contributed by atoms with Gasteiger partial charge in [0.25, 0.3) is 0 Å². The average molecular weight is 366 g/mol. The molecule has 0 aliphatic carbocycles. The number of carbonyl (C=O) groups is 1. The van der Waals surface area contributed by atoms with Gasteiger partial charge in [-0.1, -0.05) is 20.8 Å². The molecule has 22 heavy (non-hydrogen) atoms. The van der Waals surface area contributed by atoms with Gasteiger partial charge < -0.3 is 14.9 Å². The molecule has 1 unspecified atom stereocenters. The Morgan fingerprint density at radius 2 is 1.68 bits per heavy atom. The van der Waals surface area contributed by atoms with Crippen LogP contribution in [0.5, 0.6) is 0 Å². The number of rotatable bonds is 6. The summed E-state index contributed by atoms with van der Waals surface area (Å²) in [7, 11) is -2.41. The molecule has 0 spiro atoms. The lowest BCUT2D eigenvalue weighted by atomic mass is 10.1. The van der Waals surface area contributed by atoms with E-state index in [1.54, 1.807) is 6.92 Å². The van der Waals surface area contributed by atoms with E-state index in [1.807, 2.05) is 33.9 Å². The van der Waals surface area contributed by atoms with E-state index < -0.39 is 39.0 Å². The lowest BCUT2D eigenvalue weighted by Crippen LogP contribution is -2.50. The Hall–Kier alpha value is -0.313. The third-order valence-corrected chi connectivity index (χ3v) is 8.17. The molecule has 0 aromatic carbocycles. The fourth-order valence-corrected chi connectivity index (χ4v) is 2.58. The number of alkyl halides is 3. The van der Waals surface area contributed by atoms with Crippen LogP contribution in [0.4, 0.5) is 13.2 Å². The molecule has 0 bridgehead atoms. The molecule has 0 fully saturated rings. The summed E-state index contributed by atoms with van der Waals surface area (Å²) in [5.74, 6) is -0.790. The zero-order chi connectivity index (χ0) is 17.1. The molecule has 4 nitrogen and oxygen atoms in total. The maximum absolute atomic E-state index is 12.6. The summed E-state index contributed by atoms with van der Waals surface area (Å²) in [6.45, 7) is 11.2. The van der Waals surface area contributed by atoms with Crippen molar-refractivity contribution in [2.24, 2.45) is 5.73 Å². The van der Waals surface area contributed by atoms with Gasteiger partial charge in [0.15, 0.2) is 8.32 Å². The quantitative estimate of drug-likeness (QED) is 0.576. The number of hydrogen-bond donors (Lipinski definition) is 1. The molecule has 0 radical (unpaired) electrons. The van der Waals surface area contributed by atoms with Gasteiger partial charge in [0.2, 0.25) is 0 Å². The van der Waals surface area contributed by atoms with Crippen molar-refractivity contribution in [1.82, 2.24) is 0 Å². The number of hydrogen-bond acceptors (Lipinski definition) is 4. The van der Waals surface area contributed by atoms with E-state index in [-0.39, 0.29) is 24.1 Å². The van der Waals surface area contributed by atoms with E-state index in [9.17, 15) is 18.0 Å². The smallest absolute Gasteiger partial charge is 0.403 e. The van der Waals surface area contributed by atoms with Crippen LogP contribution in [-0.4, -0.2) is 39.2 Å². The second kappa shape index (κ2) is 8.51. The first-order valence-electron chi connectivity index (χ1n) is 6.89. The lowest BCUT2D eigenvalue weighted by molar-refractivity contribution is -0.164. The van der Waals surface area contributed by atoms with Gasteiger partial charge in [-0.3, -0.25) is 0 Å². The first kappa shape index (κ1) is 23.9. The van der Waals surface area contributed by atoms with E-state index in [0.717, 1.165) is 0 Å². The number of ether oxygens (including phenoxy) is 1. The lowest BCUT2D eigenvalue weighted by Gasteiger charge is -2.39. The van der Waals surface area contributed by atoms with Crippen LogP contribution >= 0.6 is 12.4 Å². The number of halogens is 4. The molecule has 0 aliphatic rings. The molecule has 0 saturated heterocycles. The first-order valence-corrected chi connectivity index (χ1v) is 9.80. The molecule has 9 heteroatoms. The molecule has 0 aliphatic heterocycles. The van der Waals surface area contributed by atoms with Crippen LogP contribution in [0.15, 0.2) is 0 Å². The summed E-state index contributed by atoms with van der Waals surface area (Å²) >= 11 is 0. The minimum absolute atomic E-state index is 0. The molecule has 2 atom stereocenters. The standard InChI is InChI=1S/C13H26F3NO3Si.ClH/c1-7-19-11(18)9(8-10(17)13(14,15)16)20-21(5,6)12(2,3)4;/h9-10H,7-8,17H2,1-6H3;1H/t9?,10-;/m0./s1. The van der Waals surface area contributed by atoms with Crippen LogP contribution in [0.2, 0.25) is 18.1 Å². The molecule has 0 rings (SSSR count). The van der Waals surface area contributed by atoms with Gasteiger partial charge in [-0.25, -0.2) is 4.79 Å². The van der Waals surface area contributed by atoms with E-state index >= 15 is 0 Å². The normalized spacial score (nSPS) is 15.7. The Labute approximate surface area is 137 Å². The van der Waals surface area contributed by atoms with E-state index in [1.165, 1.54) is 0 Å². The van der Waals surface area contributed by atoms with Crippen LogP contribution in [-0.2, 0) is 14.0 Å². The predicted molar refractivity (Wildman–Crippen MR) is 84.6 cm³/mol. The summed E-state index contributed by atoms with van der Waals surface area (Å²) in [6, 6.07) is -2.11. The van der Waals surface area contributed by atoms with Crippen molar-refractivity contribution in [2.75, 3.05) is 6.61 Å². The molecule has 0 aromatic heterocycles. The van der Waals surface area contributed by atoms with Gasteiger partial charge in [-0.2, -0.15) is 13.2 Å². The van der Waals surface area contributed by atoms with Gasteiger partial charge in [0, 0.05) is 6.42 Å². The summed E-state index contributed by atoms with van der Waals surface area (Å²) in [5.41, 5.74) is 5.12. The van der Waals surface area contributed by atoms with E-state index in [2.05, 4.69) is 0 Å². The predicted octanol–water partition coefficient (Wildman–Crippen LogP) is 3.64. The molecule has 2 N–H and O–H groups in total. The Morgan fingerprint density at radius 3 is 2.00 bits per heavy atom. The average Bonchev–Trinajstić information content (AvgIpc) is 2.25. The SMILES string of the molecule is CCOC(=O)C(C[C@H](N)C(F)(F)F)O[Si](C)(C)C(C)(C)C.Cl. The van der Waals surface area contributed by atoms with Crippen LogP contribution in [0, 0.1) is 0 Å².